The van der Waals surface area contributed by atoms with Crippen LogP contribution in [0.2, 0.25) is 0 Å². The van der Waals surface area contributed by atoms with Gasteiger partial charge in [0.25, 0.3) is 0 Å². The van der Waals surface area contributed by atoms with Crippen molar-refractivity contribution < 1.29 is 0 Å². The third kappa shape index (κ3) is 4.80. The number of para-hydroxylation sites is 1. The number of nitrogens with one attached hydrogen (secondary N) is 1. The highest BCUT2D eigenvalue weighted by Crippen LogP contribution is 2.17. The number of aryl methyl sites for hydroxylation is 2. The van der Waals surface area contributed by atoms with Crippen molar-refractivity contribution in [2.24, 2.45) is 0 Å². The zero-order valence-corrected chi connectivity index (χ0v) is 16.0. The topological polar surface area (TPSA) is 18.5 Å². The number of benzene rings is 2. The highest BCUT2D eigenvalue weighted by molar-refractivity contribution is 7.80. The Morgan fingerprint density at radius 1 is 1.00 bits per heavy atom. The molecule has 0 aliphatic carbocycles. The van der Waals surface area contributed by atoms with Crippen LogP contribution < -0.4 is 5.32 Å². The minimum absolute atomic E-state index is 0.843. The minimum atomic E-state index is 0.843. The van der Waals surface area contributed by atoms with Gasteiger partial charge >= 0.3 is 0 Å². The quantitative estimate of drug-likeness (QED) is 0.835. The lowest BCUT2D eigenvalue weighted by molar-refractivity contribution is 0.177. The van der Waals surface area contributed by atoms with Crippen LogP contribution in [0.5, 0.6) is 0 Å². The average Bonchev–Trinajstić information content (AvgIpc) is 2.64. The van der Waals surface area contributed by atoms with Crippen molar-refractivity contribution in [3.05, 3.63) is 65.2 Å². The average molecular weight is 354 g/mol. The second-order valence-electron chi connectivity index (χ2n) is 6.69. The van der Waals surface area contributed by atoms with Crippen LogP contribution in [0.3, 0.4) is 0 Å². The summed E-state index contributed by atoms with van der Waals surface area (Å²) in [5, 5.41) is 4.28. The molecule has 4 heteroatoms. The lowest BCUT2D eigenvalue weighted by Gasteiger charge is -2.36. The van der Waals surface area contributed by atoms with Gasteiger partial charge in [-0.25, -0.2) is 0 Å². The first-order chi connectivity index (χ1) is 12.2. The smallest absolute Gasteiger partial charge is 0.173 e. The molecule has 25 heavy (non-hydrogen) atoms. The first-order valence-electron chi connectivity index (χ1n) is 9.07. The summed E-state index contributed by atoms with van der Waals surface area (Å²) >= 11 is 5.64. The number of rotatable bonds is 4. The maximum absolute atomic E-state index is 5.64. The first-order valence-corrected chi connectivity index (χ1v) is 9.48. The Morgan fingerprint density at radius 2 is 1.68 bits per heavy atom. The zero-order valence-electron chi connectivity index (χ0n) is 15.2. The van der Waals surface area contributed by atoms with E-state index in [4.69, 9.17) is 12.2 Å². The summed E-state index contributed by atoms with van der Waals surface area (Å²) in [5.74, 6) is 0. The van der Waals surface area contributed by atoms with Gasteiger partial charge in [-0.2, -0.15) is 0 Å². The lowest BCUT2D eigenvalue weighted by Crippen LogP contribution is -2.49. The van der Waals surface area contributed by atoms with Gasteiger partial charge in [0.15, 0.2) is 5.11 Å². The van der Waals surface area contributed by atoms with Gasteiger partial charge in [-0.1, -0.05) is 55.0 Å². The molecule has 1 N–H and O–H groups in total. The van der Waals surface area contributed by atoms with Crippen LogP contribution in [-0.2, 0) is 13.0 Å². The minimum Gasteiger partial charge on any atom is -0.346 e. The molecular formula is C21H27N3S. The zero-order chi connectivity index (χ0) is 17.6. The van der Waals surface area contributed by atoms with Crippen molar-refractivity contribution in [2.75, 3.05) is 31.5 Å². The third-order valence-electron chi connectivity index (χ3n) is 4.83. The van der Waals surface area contributed by atoms with E-state index in [1.54, 1.807) is 0 Å². The number of hydrogen-bond acceptors (Lipinski definition) is 2. The fraction of sp³-hybridized carbons (Fsp3) is 0.381. The molecule has 0 spiro atoms. The Labute approximate surface area is 156 Å². The van der Waals surface area contributed by atoms with E-state index < -0.39 is 0 Å². The van der Waals surface area contributed by atoms with Gasteiger partial charge in [-0.3, -0.25) is 4.90 Å². The number of piperazine rings is 1. The second-order valence-corrected chi connectivity index (χ2v) is 7.08. The maximum atomic E-state index is 5.64. The first kappa shape index (κ1) is 17.9. The van der Waals surface area contributed by atoms with Crippen molar-refractivity contribution in [1.29, 1.82) is 0 Å². The molecule has 0 radical (unpaired) electrons. The van der Waals surface area contributed by atoms with Gasteiger partial charge in [0.2, 0.25) is 0 Å². The van der Waals surface area contributed by atoms with Crippen LogP contribution in [0.15, 0.2) is 48.5 Å². The molecule has 132 valence electrons. The molecule has 1 aliphatic heterocycles. The molecule has 1 heterocycles. The van der Waals surface area contributed by atoms with Gasteiger partial charge in [0.05, 0.1) is 0 Å². The summed E-state index contributed by atoms with van der Waals surface area (Å²) in [7, 11) is 0. The van der Waals surface area contributed by atoms with Crippen LogP contribution in [0, 0.1) is 6.92 Å². The van der Waals surface area contributed by atoms with E-state index in [-0.39, 0.29) is 0 Å². The van der Waals surface area contributed by atoms with Crippen molar-refractivity contribution in [3.8, 4) is 0 Å². The Kier molecular flexibility index (Phi) is 6.05. The number of nitrogens with zero attached hydrogens (tertiary/aromatic N) is 2. The summed E-state index contributed by atoms with van der Waals surface area (Å²) < 4.78 is 0. The van der Waals surface area contributed by atoms with E-state index in [2.05, 4.69) is 77.5 Å². The van der Waals surface area contributed by atoms with Gasteiger partial charge in [-0.15, -0.1) is 0 Å². The van der Waals surface area contributed by atoms with Crippen molar-refractivity contribution in [3.63, 3.8) is 0 Å². The Morgan fingerprint density at radius 3 is 2.36 bits per heavy atom. The Hall–Kier alpha value is -1.91. The molecule has 3 nitrogen and oxygen atoms in total. The van der Waals surface area contributed by atoms with Gasteiger partial charge in [0, 0.05) is 38.4 Å². The fourth-order valence-electron chi connectivity index (χ4n) is 3.21. The monoisotopic (exact) mass is 353 g/mol. The maximum Gasteiger partial charge on any atom is 0.173 e. The number of thiocarbonyl (C=S) groups is 1. The molecule has 0 amide bonds. The fourth-order valence-corrected chi connectivity index (χ4v) is 3.50. The second kappa shape index (κ2) is 8.45. The molecule has 3 rings (SSSR count). The number of hydrogen-bond donors (Lipinski definition) is 1. The van der Waals surface area contributed by atoms with Crippen LogP contribution >= 0.6 is 12.2 Å². The van der Waals surface area contributed by atoms with Crippen molar-refractivity contribution in [2.45, 2.75) is 26.8 Å². The lowest BCUT2D eigenvalue weighted by atomic mass is 10.1. The largest absolute Gasteiger partial charge is 0.346 e. The molecule has 0 atom stereocenters. The number of anilines is 1. The van der Waals surface area contributed by atoms with Crippen LogP contribution in [-0.4, -0.2) is 41.1 Å². The van der Waals surface area contributed by atoms with Crippen molar-refractivity contribution >= 4 is 23.0 Å². The molecule has 2 aromatic rings. The molecule has 0 unspecified atom stereocenters. The van der Waals surface area contributed by atoms with E-state index in [0.29, 0.717) is 0 Å². The Bertz CT molecular complexity index is 703. The molecule has 1 saturated heterocycles. The molecule has 0 saturated carbocycles. The standard InChI is InChI=1S/C21H27N3S/c1-3-19-6-4-5-7-20(19)22-21(25)24-14-12-23(13-15-24)16-18-10-8-17(2)9-11-18/h4-11H,3,12-16H2,1-2H3,(H,22,25). The molecule has 1 fully saturated rings. The van der Waals surface area contributed by atoms with Gasteiger partial charge < -0.3 is 10.2 Å². The predicted octanol–water partition coefficient (Wildman–Crippen LogP) is 4.07. The summed E-state index contributed by atoms with van der Waals surface area (Å²) in [6.07, 6.45) is 1.01. The summed E-state index contributed by atoms with van der Waals surface area (Å²) in [6.45, 7) is 9.38. The van der Waals surface area contributed by atoms with Gasteiger partial charge in [0.1, 0.15) is 0 Å². The van der Waals surface area contributed by atoms with E-state index in [9.17, 15) is 0 Å². The summed E-state index contributed by atoms with van der Waals surface area (Å²) in [5.41, 5.74) is 5.15. The van der Waals surface area contributed by atoms with Gasteiger partial charge in [-0.05, 0) is 42.8 Å². The summed E-state index contributed by atoms with van der Waals surface area (Å²) in [4.78, 5) is 4.79. The van der Waals surface area contributed by atoms with E-state index in [0.717, 1.165) is 49.9 Å². The van der Waals surface area contributed by atoms with E-state index in [1.807, 2.05) is 0 Å². The van der Waals surface area contributed by atoms with Crippen LogP contribution in [0.4, 0.5) is 5.69 Å². The highest BCUT2D eigenvalue weighted by Gasteiger charge is 2.19. The van der Waals surface area contributed by atoms with E-state index in [1.165, 1.54) is 16.7 Å². The summed E-state index contributed by atoms with van der Waals surface area (Å²) in [6, 6.07) is 17.3. The van der Waals surface area contributed by atoms with Crippen molar-refractivity contribution in [1.82, 2.24) is 9.80 Å². The third-order valence-corrected chi connectivity index (χ3v) is 5.19. The normalized spacial score (nSPS) is 15.2. The van der Waals surface area contributed by atoms with Crippen LogP contribution in [0.1, 0.15) is 23.6 Å². The molecule has 2 aromatic carbocycles. The molecule has 0 bridgehead atoms. The van der Waals surface area contributed by atoms with E-state index >= 15 is 0 Å². The molecular weight excluding hydrogens is 326 g/mol. The highest BCUT2D eigenvalue weighted by atomic mass is 32.1. The predicted molar refractivity (Wildman–Crippen MR) is 110 cm³/mol. The van der Waals surface area contributed by atoms with Crippen LogP contribution in [0.25, 0.3) is 0 Å². The SMILES string of the molecule is CCc1ccccc1NC(=S)N1CCN(Cc2ccc(C)cc2)CC1. The Balaban J connectivity index is 1.51. The molecule has 0 aromatic heterocycles. The molecule has 1 aliphatic rings.